The van der Waals surface area contributed by atoms with Crippen molar-refractivity contribution >= 4 is 48.6 Å². The van der Waals surface area contributed by atoms with Gasteiger partial charge >= 0.3 is 0 Å². The summed E-state index contributed by atoms with van der Waals surface area (Å²) in [7, 11) is 0. The van der Waals surface area contributed by atoms with E-state index >= 15 is 0 Å². The topological polar surface area (TPSA) is 3.24 Å². The number of hydrogen-bond donors (Lipinski definition) is 0. The van der Waals surface area contributed by atoms with Crippen LogP contribution in [0.1, 0.15) is 74.6 Å². The van der Waals surface area contributed by atoms with E-state index in [0.717, 1.165) is 23.7 Å². The van der Waals surface area contributed by atoms with Crippen molar-refractivity contribution in [2.45, 2.75) is 63.2 Å². The number of fused-ring (bicyclic) bond motifs is 5. The average Bonchev–Trinajstić information content (AvgIpc) is 3.80. The molecule has 7 aromatic rings. The van der Waals surface area contributed by atoms with Crippen molar-refractivity contribution in [3.8, 4) is 11.1 Å². The lowest BCUT2D eigenvalue weighted by atomic mass is 9.53. The number of thiophene rings is 1. The van der Waals surface area contributed by atoms with Gasteiger partial charge in [-0.25, -0.2) is 0 Å². The first kappa shape index (κ1) is 30.9. The van der Waals surface area contributed by atoms with E-state index in [0.29, 0.717) is 5.92 Å². The maximum Gasteiger partial charge on any atom is 0.0467 e. The van der Waals surface area contributed by atoms with Crippen molar-refractivity contribution in [3.63, 3.8) is 0 Å². The molecule has 0 N–H and O–H groups in total. The summed E-state index contributed by atoms with van der Waals surface area (Å²) < 4.78 is 2.71. The molecule has 1 heterocycles. The van der Waals surface area contributed by atoms with E-state index in [4.69, 9.17) is 0 Å². The van der Waals surface area contributed by atoms with Crippen molar-refractivity contribution in [3.05, 3.63) is 162 Å². The molecular formula is C50H45NS. The van der Waals surface area contributed by atoms with E-state index in [2.05, 4.69) is 165 Å². The lowest BCUT2D eigenvalue weighted by molar-refractivity contribution is 0.0822. The van der Waals surface area contributed by atoms with Gasteiger partial charge in [0.1, 0.15) is 0 Å². The second kappa shape index (κ2) is 11.2. The van der Waals surface area contributed by atoms with Crippen LogP contribution in [0.25, 0.3) is 31.3 Å². The second-order valence-corrected chi connectivity index (χ2v) is 18.1. The molecule has 2 bridgehead atoms. The monoisotopic (exact) mass is 691 g/mol. The molecule has 1 aromatic heterocycles. The van der Waals surface area contributed by atoms with Crippen LogP contribution in [0.15, 0.2) is 140 Å². The zero-order chi connectivity index (χ0) is 34.8. The van der Waals surface area contributed by atoms with Crippen LogP contribution in [0.3, 0.4) is 0 Å². The third kappa shape index (κ3) is 4.16. The molecule has 3 saturated carbocycles. The van der Waals surface area contributed by atoms with Gasteiger partial charge in [-0.05, 0) is 131 Å². The number of hydrogen-bond acceptors (Lipinski definition) is 2. The Bertz CT molecular complexity index is 2510. The third-order valence-electron chi connectivity index (χ3n) is 14.1. The molecule has 3 atom stereocenters. The van der Waals surface area contributed by atoms with Crippen molar-refractivity contribution in [2.24, 2.45) is 23.7 Å². The third-order valence-corrected chi connectivity index (χ3v) is 15.3. The molecule has 2 heteroatoms. The summed E-state index contributed by atoms with van der Waals surface area (Å²) in [6.07, 6.45) is 5.50. The predicted octanol–water partition coefficient (Wildman–Crippen LogP) is 13.9. The maximum atomic E-state index is 2.69. The average molecular weight is 692 g/mol. The van der Waals surface area contributed by atoms with Crippen LogP contribution < -0.4 is 4.90 Å². The minimum Gasteiger partial charge on any atom is -0.310 e. The van der Waals surface area contributed by atoms with Crippen LogP contribution in [-0.4, -0.2) is 0 Å². The molecule has 52 heavy (non-hydrogen) atoms. The van der Waals surface area contributed by atoms with Crippen molar-refractivity contribution < 1.29 is 0 Å². The number of benzene rings is 6. The summed E-state index contributed by atoms with van der Waals surface area (Å²) in [6.45, 7) is 7.53. The number of rotatable bonds is 4. The van der Waals surface area contributed by atoms with Crippen molar-refractivity contribution in [2.75, 3.05) is 4.90 Å². The first-order valence-electron chi connectivity index (χ1n) is 19.5. The Morgan fingerprint density at radius 3 is 2.12 bits per heavy atom. The highest BCUT2D eigenvalue weighted by Gasteiger charge is 2.68. The van der Waals surface area contributed by atoms with E-state index in [1.54, 1.807) is 22.3 Å². The van der Waals surface area contributed by atoms with Gasteiger partial charge in [0.05, 0.1) is 0 Å². The highest BCUT2D eigenvalue weighted by Crippen LogP contribution is 2.75. The molecular weight excluding hydrogens is 647 g/mol. The highest BCUT2D eigenvalue weighted by atomic mass is 32.1. The van der Waals surface area contributed by atoms with Gasteiger partial charge in [0.25, 0.3) is 0 Å². The van der Waals surface area contributed by atoms with Crippen LogP contribution in [0.2, 0.25) is 0 Å². The minimum absolute atomic E-state index is 0.0655. The van der Waals surface area contributed by atoms with E-state index in [9.17, 15) is 0 Å². The maximum absolute atomic E-state index is 2.69. The van der Waals surface area contributed by atoms with E-state index in [-0.39, 0.29) is 10.8 Å². The Kier molecular flexibility index (Phi) is 6.64. The second-order valence-electron chi connectivity index (χ2n) is 17.1. The molecule has 1 nitrogen and oxygen atoms in total. The van der Waals surface area contributed by atoms with Crippen molar-refractivity contribution in [1.29, 1.82) is 0 Å². The first-order valence-corrected chi connectivity index (χ1v) is 20.3. The molecule has 256 valence electrons. The summed E-state index contributed by atoms with van der Waals surface area (Å²) in [5.74, 6) is 3.70. The van der Waals surface area contributed by atoms with Gasteiger partial charge in [0.2, 0.25) is 0 Å². The molecule has 11 rings (SSSR count). The molecule has 3 fully saturated rings. The fraction of sp³-hybridized carbons (Fsp3) is 0.280. The van der Waals surface area contributed by atoms with Crippen LogP contribution >= 0.6 is 11.3 Å². The Hall–Kier alpha value is -4.66. The summed E-state index contributed by atoms with van der Waals surface area (Å²) in [4.78, 5) is 2.53. The number of nitrogens with zero attached hydrogens (tertiary/aromatic N) is 1. The molecule has 4 aliphatic rings. The summed E-state index contributed by atoms with van der Waals surface area (Å²) in [5.41, 5.74) is 12.8. The molecule has 1 spiro atoms. The lowest BCUT2D eigenvalue weighted by Crippen LogP contribution is -2.46. The normalized spacial score (nSPS) is 26.5. The van der Waals surface area contributed by atoms with Crippen LogP contribution in [0.4, 0.5) is 17.1 Å². The Morgan fingerprint density at radius 2 is 1.27 bits per heavy atom. The fourth-order valence-corrected chi connectivity index (χ4v) is 13.6. The van der Waals surface area contributed by atoms with Crippen LogP contribution in [0, 0.1) is 23.7 Å². The van der Waals surface area contributed by atoms with Gasteiger partial charge in [0.15, 0.2) is 0 Å². The molecule has 1 unspecified atom stereocenters. The zero-order valence-corrected chi connectivity index (χ0v) is 31.2. The summed E-state index contributed by atoms with van der Waals surface area (Å²) >= 11 is 1.91. The van der Waals surface area contributed by atoms with Crippen LogP contribution in [-0.2, 0) is 10.8 Å². The fourth-order valence-electron chi connectivity index (χ4n) is 12.4. The van der Waals surface area contributed by atoms with E-state index in [1.807, 2.05) is 11.3 Å². The molecule has 6 aromatic carbocycles. The SMILES string of the molecule is CC1C[C@H]2CC3C[C@H](C1)C21c2cc(N(c4ccccc4)c4cccc(-c5cccc6c5sc5ccccc56)c4)ccc2C(C)(C)c2ccccc2C31. The highest BCUT2D eigenvalue weighted by molar-refractivity contribution is 7.26. The van der Waals surface area contributed by atoms with Gasteiger partial charge in [-0.2, -0.15) is 0 Å². The van der Waals surface area contributed by atoms with E-state index < -0.39 is 0 Å². The first-order chi connectivity index (χ1) is 25.4. The predicted molar refractivity (Wildman–Crippen MR) is 221 cm³/mol. The lowest BCUT2D eigenvalue weighted by Gasteiger charge is -2.51. The Balaban J connectivity index is 1.13. The molecule has 0 aliphatic heterocycles. The Morgan fingerprint density at radius 1 is 0.577 bits per heavy atom. The minimum atomic E-state index is -0.0655. The summed E-state index contributed by atoms with van der Waals surface area (Å²) in [6, 6.07) is 53.3. The van der Waals surface area contributed by atoms with Gasteiger partial charge in [-0.1, -0.05) is 118 Å². The van der Waals surface area contributed by atoms with Gasteiger partial charge < -0.3 is 4.90 Å². The zero-order valence-electron chi connectivity index (χ0n) is 30.3. The quantitative estimate of drug-likeness (QED) is 0.178. The van der Waals surface area contributed by atoms with Gasteiger partial charge in [0, 0.05) is 48.1 Å². The smallest absolute Gasteiger partial charge is 0.0467 e. The molecule has 0 amide bonds. The van der Waals surface area contributed by atoms with E-state index in [1.165, 1.54) is 74.0 Å². The number of anilines is 3. The van der Waals surface area contributed by atoms with Crippen molar-refractivity contribution in [1.82, 2.24) is 0 Å². The van der Waals surface area contributed by atoms with Gasteiger partial charge in [-0.3, -0.25) is 0 Å². The molecule has 0 saturated heterocycles. The van der Waals surface area contributed by atoms with Crippen LogP contribution in [0.5, 0.6) is 0 Å². The summed E-state index contributed by atoms with van der Waals surface area (Å²) in [5, 5.41) is 2.69. The molecule has 0 radical (unpaired) electrons. The standard InChI is InChI=1S/C50H45NS/c1-31-25-34-27-33-28-35(26-31)50(34)45-30-38(23-24-44(45)49(2,3)43-21-9-7-18-42(43)47(33)50)51(36-14-5-4-6-15-36)37-16-11-13-32(29-37)39-19-12-20-41-40-17-8-10-22-46(40)52-48(39)41/h4-24,29-31,33-35,47H,25-28H2,1-3H3/t31?,33?,34-,35-,47?,50?/m0/s1. The molecule has 4 aliphatic carbocycles. The largest absolute Gasteiger partial charge is 0.310 e. The van der Waals surface area contributed by atoms with Gasteiger partial charge in [-0.15, -0.1) is 11.3 Å². The number of para-hydroxylation sites is 1. The Labute approximate surface area is 312 Å².